The van der Waals surface area contributed by atoms with Gasteiger partial charge in [-0.3, -0.25) is 10.1 Å². The van der Waals surface area contributed by atoms with Gasteiger partial charge >= 0.3 is 6.61 Å². The zero-order valence-electron chi connectivity index (χ0n) is 12.9. The molecule has 138 valence electrons. The van der Waals surface area contributed by atoms with Crippen molar-refractivity contribution in [2.24, 2.45) is 0 Å². The standard InChI is InChI=1S/C16H11BrClF3N2O3/c1-2-9-10(15(26-16(20)21)12(19)6-11(9)18)7-22-13-5-8(17)3-4-14(13)23(24)25/h2-6,16,22H,1,7H2. The number of nitro groups is 1. The van der Waals surface area contributed by atoms with Crippen molar-refractivity contribution in [3.63, 3.8) is 0 Å². The van der Waals surface area contributed by atoms with Gasteiger partial charge in [-0.2, -0.15) is 8.78 Å². The van der Waals surface area contributed by atoms with Gasteiger partial charge in [-0.15, -0.1) is 0 Å². The molecule has 5 nitrogen and oxygen atoms in total. The molecule has 0 saturated carbocycles. The number of nitrogens with zero attached hydrogens (tertiary/aromatic N) is 1. The lowest BCUT2D eigenvalue weighted by atomic mass is 10.1. The summed E-state index contributed by atoms with van der Waals surface area (Å²) < 4.78 is 44.2. The van der Waals surface area contributed by atoms with Crippen LogP contribution in [0, 0.1) is 15.9 Å². The average molecular weight is 452 g/mol. The van der Waals surface area contributed by atoms with E-state index in [-0.39, 0.29) is 34.1 Å². The Morgan fingerprint density at radius 1 is 1.42 bits per heavy atom. The third-order valence-electron chi connectivity index (χ3n) is 3.35. The molecule has 26 heavy (non-hydrogen) atoms. The number of ether oxygens (including phenoxy) is 1. The summed E-state index contributed by atoms with van der Waals surface area (Å²) in [6.07, 6.45) is 1.26. The number of hydrogen-bond acceptors (Lipinski definition) is 4. The van der Waals surface area contributed by atoms with E-state index in [9.17, 15) is 23.3 Å². The first-order valence-electron chi connectivity index (χ1n) is 7.00. The fourth-order valence-electron chi connectivity index (χ4n) is 2.27. The first-order valence-corrected chi connectivity index (χ1v) is 8.17. The monoisotopic (exact) mass is 450 g/mol. The molecule has 1 N–H and O–H groups in total. The van der Waals surface area contributed by atoms with Crippen LogP contribution in [0.1, 0.15) is 11.1 Å². The van der Waals surface area contributed by atoms with E-state index >= 15 is 0 Å². The predicted octanol–water partition coefficient (Wildman–Crippen LogP) is 6.01. The Labute approximate surface area is 159 Å². The Morgan fingerprint density at radius 2 is 2.12 bits per heavy atom. The van der Waals surface area contributed by atoms with Gasteiger partial charge in [-0.05, 0) is 18.2 Å². The van der Waals surface area contributed by atoms with Crippen LogP contribution in [0.25, 0.3) is 6.08 Å². The number of alkyl halides is 2. The summed E-state index contributed by atoms with van der Waals surface area (Å²) in [7, 11) is 0. The fourth-order valence-corrected chi connectivity index (χ4v) is 2.92. The predicted molar refractivity (Wildman–Crippen MR) is 96.3 cm³/mol. The van der Waals surface area contributed by atoms with Crippen LogP contribution in [0.3, 0.4) is 0 Å². The molecule has 0 aliphatic heterocycles. The lowest BCUT2D eigenvalue weighted by molar-refractivity contribution is -0.384. The van der Waals surface area contributed by atoms with Crippen LogP contribution in [0.2, 0.25) is 5.02 Å². The molecule has 0 saturated heterocycles. The lowest BCUT2D eigenvalue weighted by Gasteiger charge is -2.17. The van der Waals surface area contributed by atoms with Crippen LogP contribution < -0.4 is 10.1 Å². The quantitative estimate of drug-likeness (QED) is 0.414. The molecule has 2 aromatic carbocycles. The molecule has 0 aliphatic carbocycles. The molecular weight excluding hydrogens is 441 g/mol. The molecule has 0 fully saturated rings. The maximum atomic E-state index is 14.1. The van der Waals surface area contributed by atoms with Crippen molar-refractivity contribution in [1.29, 1.82) is 0 Å². The molecule has 0 spiro atoms. The highest BCUT2D eigenvalue weighted by atomic mass is 79.9. The van der Waals surface area contributed by atoms with E-state index in [1.807, 2.05) is 0 Å². The molecule has 0 atom stereocenters. The molecule has 0 heterocycles. The van der Waals surface area contributed by atoms with Crippen LogP contribution in [-0.2, 0) is 6.54 Å². The van der Waals surface area contributed by atoms with E-state index in [2.05, 4.69) is 32.6 Å². The van der Waals surface area contributed by atoms with Gasteiger partial charge in [0.15, 0.2) is 11.6 Å². The molecule has 0 aromatic heterocycles. The van der Waals surface area contributed by atoms with Crippen LogP contribution in [0.4, 0.5) is 24.5 Å². The Kier molecular flexibility index (Phi) is 6.49. The van der Waals surface area contributed by atoms with Gasteiger partial charge in [0.1, 0.15) is 5.69 Å². The van der Waals surface area contributed by atoms with Crippen molar-refractivity contribution < 1.29 is 22.8 Å². The average Bonchev–Trinajstić information content (AvgIpc) is 2.55. The normalized spacial score (nSPS) is 10.7. The maximum Gasteiger partial charge on any atom is 0.387 e. The molecule has 2 aromatic rings. The van der Waals surface area contributed by atoms with Gasteiger partial charge in [-0.25, -0.2) is 4.39 Å². The van der Waals surface area contributed by atoms with Gasteiger partial charge in [0, 0.05) is 28.2 Å². The number of hydrogen-bond donors (Lipinski definition) is 1. The number of anilines is 1. The van der Waals surface area contributed by atoms with Crippen LogP contribution in [0.5, 0.6) is 5.75 Å². The Morgan fingerprint density at radius 3 is 2.69 bits per heavy atom. The summed E-state index contributed by atoms with van der Waals surface area (Å²) in [6.45, 7) is -0.00367. The second-order valence-corrected chi connectivity index (χ2v) is 6.24. The van der Waals surface area contributed by atoms with E-state index in [1.54, 1.807) is 0 Å². The largest absolute Gasteiger partial charge is 0.431 e. The van der Waals surface area contributed by atoms with E-state index in [1.165, 1.54) is 24.3 Å². The number of rotatable bonds is 7. The lowest BCUT2D eigenvalue weighted by Crippen LogP contribution is -2.11. The minimum absolute atomic E-state index is 0.0421. The molecule has 0 amide bonds. The first kappa shape index (κ1) is 20.1. The summed E-state index contributed by atoms with van der Waals surface area (Å²) in [5.74, 6) is -1.79. The second-order valence-electron chi connectivity index (χ2n) is 4.92. The maximum absolute atomic E-state index is 14.1. The summed E-state index contributed by atoms with van der Waals surface area (Å²) in [5.41, 5.74) is -0.0108. The minimum atomic E-state index is -3.26. The van der Waals surface area contributed by atoms with E-state index < -0.39 is 23.1 Å². The zero-order chi connectivity index (χ0) is 19.4. The second kappa shape index (κ2) is 8.41. The summed E-state index contributed by atoms with van der Waals surface area (Å²) >= 11 is 9.12. The van der Waals surface area contributed by atoms with Gasteiger partial charge in [-0.1, -0.05) is 40.2 Å². The molecule has 10 heteroatoms. The molecule has 2 rings (SSSR count). The topological polar surface area (TPSA) is 64.4 Å². The van der Waals surface area contributed by atoms with Crippen LogP contribution in [-0.4, -0.2) is 11.5 Å². The number of nitrogens with one attached hydrogen (secondary N) is 1. The van der Waals surface area contributed by atoms with Gasteiger partial charge in [0.05, 0.1) is 9.95 Å². The minimum Gasteiger partial charge on any atom is -0.431 e. The Bertz CT molecular complexity index is 865. The number of halogens is 5. The highest BCUT2D eigenvalue weighted by molar-refractivity contribution is 9.10. The summed E-state index contributed by atoms with van der Waals surface area (Å²) in [5, 5.41) is 13.8. The summed E-state index contributed by atoms with van der Waals surface area (Å²) in [4.78, 5) is 10.5. The first-order chi connectivity index (χ1) is 12.2. The van der Waals surface area contributed by atoms with Crippen molar-refractivity contribution >= 4 is 45.0 Å². The van der Waals surface area contributed by atoms with Crippen molar-refractivity contribution in [3.8, 4) is 5.75 Å². The van der Waals surface area contributed by atoms with Crippen molar-refractivity contribution in [2.75, 3.05) is 5.32 Å². The third-order valence-corrected chi connectivity index (χ3v) is 4.15. The van der Waals surface area contributed by atoms with Crippen molar-refractivity contribution in [2.45, 2.75) is 13.2 Å². The van der Waals surface area contributed by atoms with Crippen molar-refractivity contribution in [3.05, 3.63) is 67.4 Å². The molecular formula is C16H11BrClF3N2O3. The number of nitro benzene ring substituents is 1. The zero-order valence-corrected chi connectivity index (χ0v) is 15.3. The van der Waals surface area contributed by atoms with Gasteiger partial charge < -0.3 is 10.1 Å². The van der Waals surface area contributed by atoms with E-state index in [0.717, 1.165) is 6.07 Å². The molecule has 0 unspecified atom stereocenters. The fraction of sp³-hybridized carbons (Fsp3) is 0.125. The number of benzene rings is 2. The van der Waals surface area contributed by atoms with Crippen molar-refractivity contribution in [1.82, 2.24) is 0 Å². The Hall–Kier alpha value is -2.26. The van der Waals surface area contributed by atoms with Crippen LogP contribution in [0.15, 0.2) is 35.3 Å². The third kappa shape index (κ3) is 4.47. The Balaban J connectivity index is 2.48. The SMILES string of the molecule is C=Cc1c(Cl)cc(F)c(OC(F)F)c1CNc1cc(Br)ccc1[N+](=O)[O-]. The molecule has 0 aliphatic rings. The molecule has 0 bridgehead atoms. The highest BCUT2D eigenvalue weighted by Crippen LogP contribution is 2.35. The highest BCUT2D eigenvalue weighted by Gasteiger charge is 2.21. The van der Waals surface area contributed by atoms with E-state index in [0.29, 0.717) is 4.47 Å². The van der Waals surface area contributed by atoms with Gasteiger partial charge in [0.25, 0.3) is 5.69 Å². The summed E-state index contributed by atoms with van der Waals surface area (Å²) in [6, 6.07) is 5.00. The smallest absolute Gasteiger partial charge is 0.387 e. The van der Waals surface area contributed by atoms with E-state index in [4.69, 9.17) is 11.6 Å². The van der Waals surface area contributed by atoms with Crippen LogP contribution >= 0.6 is 27.5 Å². The molecule has 0 radical (unpaired) electrons. The van der Waals surface area contributed by atoms with Gasteiger partial charge in [0.2, 0.25) is 0 Å².